The summed E-state index contributed by atoms with van der Waals surface area (Å²) in [6.07, 6.45) is -1.38. The van der Waals surface area contributed by atoms with E-state index in [2.05, 4.69) is 0 Å². The molecular weight excluding hydrogens is 261 g/mol. The van der Waals surface area contributed by atoms with Crippen molar-refractivity contribution in [2.75, 3.05) is 12.0 Å². The molecule has 0 aliphatic heterocycles. The first-order valence-corrected chi connectivity index (χ1v) is 6.62. The van der Waals surface area contributed by atoms with E-state index >= 15 is 0 Å². The molecule has 1 aromatic heterocycles. The summed E-state index contributed by atoms with van der Waals surface area (Å²) in [5, 5.41) is 0.943. The minimum absolute atomic E-state index is 0.0791. The van der Waals surface area contributed by atoms with Crippen LogP contribution >= 0.6 is 11.8 Å². The Hall–Kier alpha value is -1.30. The highest BCUT2D eigenvalue weighted by Gasteiger charge is 2.26. The monoisotopic (exact) mass is 274 g/mol. The molecule has 0 bridgehead atoms. The second-order valence-electron chi connectivity index (χ2n) is 4.03. The van der Waals surface area contributed by atoms with E-state index in [0.717, 1.165) is 15.8 Å². The van der Waals surface area contributed by atoms with E-state index in [-0.39, 0.29) is 6.54 Å². The van der Waals surface area contributed by atoms with E-state index in [1.165, 1.54) is 11.8 Å². The van der Waals surface area contributed by atoms with Gasteiger partial charge in [-0.3, -0.25) is 0 Å². The van der Waals surface area contributed by atoms with Crippen LogP contribution < -0.4 is 5.73 Å². The molecule has 0 amide bonds. The Bertz CT molecular complexity index is 560. The van der Waals surface area contributed by atoms with Gasteiger partial charge >= 0.3 is 6.18 Å². The number of fused-ring (bicyclic) bond motifs is 1. The maximum atomic E-state index is 12.2. The number of aryl methyl sites for hydroxylation is 1. The zero-order valence-corrected chi connectivity index (χ0v) is 10.6. The van der Waals surface area contributed by atoms with Crippen molar-refractivity contribution in [3.8, 4) is 0 Å². The first-order chi connectivity index (χ1) is 8.40. The van der Waals surface area contributed by atoms with E-state index in [1.807, 2.05) is 18.4 Å². The predicted octanol–water partition coefficient (Wildman–Crippen LogP) is 3.90. The summed E-state index contributed by atoms with van der Waals surface area (Å²) >= 11 is 1.53. The van der Waals surface area contributed by atoms with Gasteiger partial charge in [-0.25, -0.2) is 0 Å². The standard InChI is InChI=1S/C12H13F3N2S/c1-18-11-7-8(16)6-10-9(11)2-4-17(10)5-3-12(13,14)15/h2,4,6-7H,3,5,16H2,1H3. The molecule has 98 valence electrons. The number of hydrogen-bond donors (Lipinski definition) is 1. The summed E-state index contributed by atoms with van der Waals surface area (Å²) in [4.78, 5) is 0.982. The summed E-state index contributed by atoms with van der Waals surface area (Å²) in [5.74, 6) is 0. The van der Waals surface area contributed by atoms with Crippen LogP contribution in [-0.4, -0.2) is 17.0 Å². The van der Waals surface area contributed by atoms with Crippen LogP contribution in [0, 0.1) is 0 Å². The lowest BCUT2D eigenvalue weighted by Crippen LogP contribution is -2.11. The van der Waals surface area contributed by atoms with Crippen LogP contribution in [0.3, 0.4) is 0 Å². The lowest BCUT2D eigenvalue weighted by molar-refractivity contribution is -0.136. The van der Waals surface area contributed by atoms with Gasteiger partial charge in [-0.2, -0.15) is 13.2 Å². The third-order valence-electron chi connectivity index (χ3n) is 2.73. The molecule has 0 radical (unpaired) electrons. The quantitative estimate of drug-likeness (QED) is 0.680. The molecule has 0 aliphatic carbocycles. The van der Waals surface area contributed by atoms with E-state index in [1.54, 1.807) is 16.8 Å². The second-order valence-corrected chi connectivity index (χ2v) is 4.88. The van der Waals surface area contributed by atoms with Crippen molar-refractivity contribution in [1.82, 2.24) is 4.57 Å². The van der Waals surface area contributed by atoms with Gasteiger partial charge in [0.25, 0.3) is 0 Å². The van der Waals surface area contributed by atoms with Gasteiger partial charge in [-0.15, -0.1) is 11.8 Å². The van der Waals surface area contributed by atoms with Crippen molar-refractivity contribution in [1.29, 1.82) is 0 Å². The fourth-order valence-corrected chi connectivity index (χ4v) is 2.54. The number of thioether (sulfide) groups is 1. The molecule has 0 atom stereocenters. The van der Waals surface area contributed by atoms with Crippen molar-refractivity contribution < 1.29 is 13.2 Å². The lowest BCUT2D eigenvalue weighted by atomic mass is 10.2. The molecular formula is C12H13F3N2S. The number of aromatic nitrogens is 1. The molecule has 2 nitrogen and oxygen atoms in total. The van der Waals surface area contributed by atoms with E-state index < -0.39 is 12.6 Å². The summed E-state index contributed by atoms with van der Waals surface area (Å²) in [7, 11) is 0. The van der Waals surface area contributed by atoms with Gasteiger partial charge in [0.05, 0.1) is 11.9 Å². The van der Waals surface area contributed by atoms with Crippen molar-refractivity contribution in [2.45, 2.75) is 24.0 Å². The number of nitrogens with two attached hydrogens (primary N) is 1. The van der Waals surface area contributed by atoms with Crippen molar-refractivity contribution >= 4 is 28.4 Å². The Morgan fingerprint density at radius 1 is 1.33 bits per heavy atom. The molecule has 2 aromatic rings. The molecule has 0 saturated heterocycles. The van der Waals surface area contributed by atoms with Crippen LogP contribution in [-0.2, 0) is 6.54 Å². The normalized spacial score (nSPS) is 12.2. The van der Waals surface area contributed by atoms with Crippen LogP contribution in [0.2, 0.25) is 0 Å². The van der Waals surface area contributed by atoms with E-state index in [9.17, 15) is 13.2 Å². The fourth-order valence-electron chi connectivity index (χ4n) is 1.89. The zero-order valence-electron chi connectivity index (χ0n) is 9.79. The summed E-state index contributed by atoms with van der Waals surface area (Å²) in [6.45, 7) is -0.0791. The van der Waals surface area contributed by atoms with Crippen LogP contribution in [0.5, 0.6) is 0 Å². The maximum Gasteiger partial charge on any atom is 0.390 e. The predicted molar refractivity (Wildman–Crippen MR) is 68.8 cm³/mol. The van der Waals surface area contributed by atoms with Crippen LogP contribution in [0.25, 0.3) is 10.9 Å². The van der Waals surface area contributed by atoms with Gasteiger partial charge in [0, 0.05) is 28.7 Å². The average molecular weight is 274 g/mol. The van der Waals surface area contributed by atoms with E-state index in [0.29, 0.717) is 5.69 Å². The third-order valence-corrected chi connectivity index (χ3v) is 3.51. The van der Waals surface area contributed by atoms with Gasteiger partial charge in [0.2, 0.25) is 0 Å². The molecule has 0 aliphatic rings. The number of alkyl halides is 3. The van der Waals surface area contributed by atoms with Crippen LogP contribution in [0.1, 0.15) is 6.42 Å². The van der Waals surface area contributed by atoms with Crippen LogP contribution in [0.15, 0.2) is 29.3 Å². The largest absolute Gasteiger partial charge is 0.399 e. The first kappa shape index (κ1) is 13.1. The fraction of sp³-hybridized carbons (Fsp3) is 0.333. The number of halogens is 3. The molecule has 18 heavy (non-hydrogen) atoms. The highest BCUT2D eigenvalue weighted by Crippen LogP contribution is 2.31. The van der Waals surface area contributed by atoms with Gasteiger partial charge in [0.1, 0.15) is 0 Å². The average Bonchev–Trinajstić information content (AvgIpc) is 2.67. The number of hydrogen-bond acceptors (Lipinski definition) is 2. The topological polar surface area (TPSA) is 30.9 Å². The first-order valence-electron chi connectivity index (χ1n) is 5.40. The third kappa shape index (κ3) is 2.75. The molecule has 0 saturated carbocycles. The minimum Gasteiger partial charge on any atom is -0.399 e. The highest BCUT2D eigenvalue weighted by atomic mass is 32.2. The molecule has 6 heteroatoms. The second kappa shape index (κ2) is 4.76. The van der Waals surface area contributed by atoms with E-state index in [4.69, 9.17) is 5.73 Å². The number of nitrogen functional groups attached to an aromatic ring is 1. The molecule has 2 rings (SSSR count). The van der Waals surface area contributed by atoms with Crippen molar-refractivity contribution in [3.63, 3.8) is 0 Å². The van der Waals surface area contributed by atoms with Gasteiger partial charge in [-0.05, 0) is 24.5 Å². The Kier molecular flexibility index (Phi) is 3.47. The Morgan fingerprint density at radius 2 is 2.06 bits per heavy atom. The van der Waals surface area contributed by atoms with Gasteiger partial charge in [0.15, 0.2) is 0 Å². The molecule has 0 fully saturated rings. The number of nitrogens with zero attached hydrogens (tertiary/aromatic N) is 1. The molecule has 0 unspecified atom stereocenters. The Labute approximate surface area is 107 Å². The summed E-state index contributed by atoms with van der Waals surface area (Å²) in [5.41, 5.74) is 7.08. The van der Waals surface area contributed by atoms with Gasteiger partial charge in [-0.1, -0.05) is 0 Å². The molecule has 1 aromatic carbocycles. The minimum atomic E-state index is -4.14. The van der Waals surface area contributed by atoms with Crippen LogP contribution in [0.4, 0.5) is 18.9 Å². The van der Waals surface area contributed by atoms with Crippen molar-refractivity contribution in [2.24, 2.45) is 0 Å². The summed E-state index contributed by atoms with van der Waals surface area (Å²) < 4.78 is 38.3. The smallest absolute Gasteiger partial charge is 0.390 e. The van der Waals surface area contributed by atoms with Crippen molar-refractivity contribution in [3.05, 3.63) is 24.4 Å². The SMILES string of the molecule is CSc1cc(N)cc2c1ccn2CCC(F)(F)F. The lowest BCUT2D eigenvalue weighted by Gasteiger charge is -2.09. The molecule has 1 heterocycles. The number of anilines is 1. The number of benzene rings is 1. The summed E-state index contributed by atoms with van der Waals surface area (Å²) in [6, 6.07) is 5.38. The Balaban J connectivity index is 2.38. The zero-order chi connectivity index (χ0) is 13.3. The van der Waals surface area contributed by atoms with Gasteiger partial charge < -0.3 is 10.3 Å². The molecule has 0 spiro atoms. The highest BCUT2D eigenvalue weighted by molar-refractivity contribution is 7.98. The molecule has 2 N–H and O–H groups in total. The Morgan fingerprint density at radius 3 is 2.67 bits per heavy atom. The maximum absolute atomic E-state index is 12.2. The number of rotatable bonds is 3.